The van der Waals surface area contributed by atoms with Crippen molar-refractivity contribution in [2.24, 2.45) is 7.05 Å². The number of para-hydroxylation sites is 1. The maximum atomic E-state index is 13.9. The van der Waals surface area contributed by atoms with Crippen molar-refractivity contribution in [2.75, 3.05) is 25.1 Å². The summed E-state index contributed by atoms with van der Waals surface area (Å²) in [5, 5.41) is 12.9. The number of hydrogen-bond acceptors (Lipinski definition) is 6. The van der Waals surface area contributed by atoms with Gasteiger partial charge in [0.2, 0.25) is 0 Å². The van der Waals surface area contributed by atoms with E-state index < -0.39 is 5.91 Å². The summed E-state index contributed by atoms with van der Waals surface area (Å²) >= 11 is 0. The molecule has 0 fully saturated rings. The van der Waals surface area contributed by atoms with Crippen LogP contribution in [-0.4, -0.2) is 41.6 Å². The number of amides is 2. The van der Waals surface area contributed by atoms with E-state index in [2.05, 4.69) is 16.4 Å². The SMILES string of the molecule is CCNC(=O)c1cc2c(-c3ccc(C(=O)N(CC#N)c4ccc(OC)cc4)cc3Oc3c(C)cccc3C)cn(C)c(=O)c2[nH]1. The van der Waals surface area contributed by atoms with Crippen LogP contribution in [0.1, 0.15) is 38.9 Å². The van der Waals surface area contributed by atoms with Crippen LogP contribution in [0.4, 0.5) is 5.69 Å². The van der Waals surface area contributed by atoms with E-state index in [9.17, 15) is 19.6 Å². The number of nitrogens with one attached hydrogen (secondary N) is 2. The van der Waals surface area contributed by atoms with Crippen molar-refractivity contribution in [1.29, 1.82) is 5.26 Å². The van der Waals surface area contributed by atoms with Gasteiger partial charge in [-0.3, -0.25) is 19.3 Å². The van der Waals surface area contributed by atoms with Gasteiger partial charge in [-0.2, -0.15) is 5.26 Å². The molecule has 10 heteroatoms. The molecule has 2 amide bonds. The number of carbonyl (C=O) groups excluding carboxylic acids is 2. The Kier molecular flexibility index (Phi) is 8.72. The van der Waals surface area contributed by atoms with Gasteiger partial charge < -0.3 is 24.3 Å². The number of H-pyrrole nitrogens is 1. The Morgan fingerprint density at radius 3 is 2.38 bits per heavy atom. The number of nitriles is 1. The van der Waals surface area contributed by atoms with E-state index in [1.165, 1.54) is 9.47 Å². The summed E-state index contributed by atoms with van der Waals surface area (Å²) in [6, 6.07) is 21.5. The van der Waals surface area contributed by atoms with Gasteiger partial charge in [0.05, 0.1) is 13.2 Å². The molecule has 2 aromatic heterocycles. The van der Waals surface area contributed by atoms with Crippen LogP contribution in [0, 0.1) is 25.2 Å². The number of rotatable bonds is 9. The Balaban J connectivity index is 1.70. The van der Waals surface area contributed by atoms with E-state index in [0.717, 1.165) is 11.1 Å². The number of nitrogens with zero attached hydrogens (tertiary/aromatic N) is 3. The van der Waals surface area contributed by atoms with Crippen LogP contribution < -0.4 is 25.2 Å². The third kappa shape index (κ3) is 6.01. The summed E-state index contributed by atoms with van der Waals surface area (Å²) < 4.78 is 13.3. The number of pyridine rings is 1. The molecule has 5 rings (SSSR count). The second-order valence-electron chi connectivity index (χ2n) is 10.6. The quantitative estimate of drug-likeness (QED) is 0.203. The maximum absolute atomic E-state index is 13.9. The number of methoxy groups -OCH3 is 1. The van der Waals surface area contributed by atoms with Gasteiger partial charge in [0, 0.05) is 47.6 Å². The predicted octanol–water partition coefficient (Wildman–Crippen LogP) is 5.87. The van der Waals surface area contributed by atoms with Crippen molar-refractivity contribution < 1.29 is 19.1 Å². The molecule has 0 bridgehead atoms. The number of aromatic amines is 1. The average molecular weight is 604 g/mol. The highest BCUT2D eigenvalue weighted by Gasteiger charge is 2.23. The monoisotopic (exact) mass is 603 g/mol. The van der Waals surface area contributed by atoms with Crippen LogP contribution in [0.15, 0.2) is 77.7 Å². The fourth-order valence-corrected chi connectivity index (χ4v) is 5.23. The first-order valence-corrected chi connectivity index (χ1v) is 14.4. The highest BCUT2D eigenvalue weighted by molar-refractivity contribution is 6.08. The number of benzene rings is 3. The molecule has 228 valence electrons. The minimum atomic E-state index is -0.398. The molecular weight excluding hydrogens is 570 g/mol. The number of ether oxygens (including phenoxy) is 2. The van der Waals surface area contributed by atoms with Crippen molar-refractivity contribution in [2.45, 2.75) is 20.8 Å². The first kappa shape index (κ1) is 30.6. The molecule has 2 heterocycles. The molecule has 0 spiro atoms. The Bertz CT molecular complexity index is 2000. The Hall–Kier alpha value is -5.82. The Labute approximate surface area is 260 Å². The summed E-state index contributed by atoms with van der Waals surface area (Å²) in [5.74, 6) is 0.896. The number of anilines is 1. The second-order valence-corrected chi connectivity index (χ2v) is 10.6. The van der Waals surface area contributed by atoms with Crippen molar-refractivity contribution >= 4 is 28.4 Å². The molecule has 0 radical (unpaired) electrons. The minimum absolute atomic E-state index is 0.173. The number of fused-ring (bicyclic) bond motifs is 1. The molecule has 0 aliphatic heterocycles. The lowest BCUT2D eigenvalue weighted by atomic mass is 10.00. The van der Waals surface area contributed by atoms with Crippen LogP contribution in [0.2, 0.25) is 0 Å². The van der Waals surface area contributed by atoms with Gasteiger partial charge in [0.1, 0.15) is 35.0 Å². The molecule has 3 aromatic carbocycles. The molecule has 5 aromatic rings. The van der Waals surface area contributed by atoms with E-state index in [0.29, 0.717) is 51.6 Å². The molecule has 10 nitrogen and oxygen atoms in total. The zero-order chi connectivity index (χ0) is 32.2. The number of carbonyl (C=O) groups is 2. The van der Waals surface area contributed by atoms with Crippen molar-refractivity contribution in [1.82, 2.24) is 14.9 Å². The molecule has 2 N–H and O–H groups in total. The van der Waals surface area contributed by atoms with Crippen molar-refractivity contribution in [3.05, 3.63) is 106 Å². The number of hydrogen-bond donors (Lipinski definition) is 2. The summed E-state index contributed by atoms with van der Waals surface area (Å²) in [4.78, 5) is 44.1. The van der Waals surface area contributed by atoms with Gasteiger partial charge in [-0.1, -0.05) is 18.2 Å². The van der Waals surface area contributed by atoms with E-state index in [1.54, 1.807) is 68.9 Å². The van der Waals surface area contributed by atoms with Crippen LogP contribution in [0.3, 0.4) is 0 Å². The maximum Gasteiger partial charge on any atom is 0.274 e. The van der Waals surface area contributed by atoms with Gasteiger partial charge in [-0.15, -0.1) is 0 Å². The molecule has 45 heavy (non-hydrogen) atoms. The lowest BCUT2D eigenvalue weighted by molar-refractivity contribution is 0.0950. The van der Waals surface area contributed by atoms with Crippen LogP contribution in [0.5, 0.6) is 17.2 Å². The van der Waals surface area contributed by atoms with Crippen LogP contribution in [-0.2, 0) is 7.05 Å². The normalized spacial score (nSPS) is 10.8. The van der Waals surface area contributed by atoms with Gasteiger partial charge in [0.25, 0.3) is 17.4 Å². The highest BCUT2D eigenvalue weighted by atomic mass is 16.5. The van der Waals surface area contributed by atoms with Gasteiger partial charge >= 0.3 is 0 Å². The van der Waals surface area contributed by atoms with E-state index in [1.807, 2.05) is 39.0 Å². The highest BCUT2D eigenvalue weighted by Crippen LogP contribution is 2.39. The largest absolute Gasteiger partial charge is 0.497 e. The molecule has 0 unspecified atom stereocenters. The van der Waals surface area contributed by atoms with E-state index in [4.69, 9.17) is 9.47 Å². The molecule has 0 aliphatic carbocycles. The van der Waals surface area contributed by atoms with Gasteiger partial charge in [-0.05, 0) is 80.4 Å². The third-order valence-corrected chi connectivity index (χ3v) is 7.54. The molecule has 0 atom stereocenters. The zero-order valence-electron chi connectivity index (χ0n) is 25.7. The van der Waals surface area contributed by atoms with Crippen molar-refractivity contribution in [3.8, 4) is 34.4 Å². The first-order chi connectivity index (χ1) is 21.7. The first-order valence-electron chi connectivity index (χ1n) is 14.4. The second kappa shape index (κ2) is 12.8. The smallest absolute Gasteiger partial charge is 0.274 e. The predicted molar refractivity (Wildman–Crippen MR) is 173 cm³/mol. The molecule has 0 aliphatic rings. The molecule has 0 saturated carbocycles. The minimum Gasteiger partial charge on any atom is -0.497 e. The topological polar surface area (TPSA) is 129 Å². The zero-order valence-corrected chi connectivity index (χ0v) is 25.7. The lowest BCUT2D eigenvalue weighted by Crippen LogP contribution is -2.31. The summed E-state index contributed by atoms with van der Waals surface area (Å²) in [6.45, 7) is 5.95. The van der Waals surface area contributed by atoms with Crippen LogP contribution >= 0.6 is 0 Å². The van der Waals surface area contributed by atoms with Gasteiger partial charge in [0.15, 0.2) is 0 Å². The number of aromatic nitrogens is 2. The van der Waals surface area contributed by atoms with E-state index >= 15 is 0 Å². The van der Waals surface area contributed by atoms with Crippen molar-refractivity contribution in [3.63, 3.8) is 0 Å². The van der Waals surface area contributed by atoms with Gasteiger partial charge in [-0.25, -0.2) is 0 Å². The average Bonchev–Trinajstić information content (AvgIpc) is 3.50. The third-order valence-electron chi connectivity index (χ3n) is 7.54. The summed E-state index contributed by atoms with van der Waals surface area (Å²) in [5.41, 5.74) is 4.09. The molecular formula is C35H33N5O5. The van der Waals surface area contributed by atoms with E-state index in [-0.39, 0.29) is 29.2 Å². The Morgan fingerprint density at radius 1 is 1.02 bits per heavy atom. The molecule has 0 saturated heterocycles. The lowest BCUT2D eigenvalue weighted by Gasteiger charge is -2.22. The number of aryl methyl sites for hydroxylation is 3. The van der Waals surface area contributed by atoms with Crippen LogP contribution in [0.25, 0.3) is 22.0 Å². The fraction of sp³-hybridized carbons (Fsp3) is 0.200. The fourth-order valence-electron chi connectivity index (χ4n) is 5.23. The summed E-state index contributed by atoms with van der Waals surface area (Å²) in [7, 11) is 3.19. The summed E-state index contributed by atoms with van der Waals surface area (Å²) in [6.07, 6.45) is 1.69. The Morgan fingerprint density at radius 2 is 1.73 bits per heavy atom. The standard InChI is InChI=1S/C35H33N5O5/c1-6-37-33(41)29-19-27-28(20-39(4)35(43)31(27)38-29)26-15-10-23(18-30(26)45-32-21(2)8-7-9-22(32)3)34(42)40(17-16-36)24-11-13-25(44-5)14-12-24/h7-15,18-20,38H,6,17H2,1-5H3,(H,37,41).